The van der Waals surface area contributed by atoms with E-state index in [0.717, 1.165) is 31.2 Å². The van der Waals surface area contributed by atoms with Crippen LogP contribution in [-0.4, -0.2) is 10.7 Å². The van der Waals surface area contributed by atoms with Gasteiger partial charge in [-0.2, -0.15) is 13.2 Å². The second-order valence-electron chi connectivity index (χ2n) is 4.74. The summed E-state index contributed by atoms with van der Waals surface area (Å²) in [7, 11) is 0. The molecule has 0 N–H and O–H groups in total. The van der Waals surface area contributed by atoms with Crippen LogP contribution in [0.1, 0.15) is 22.8 Å². The number of nitro groups is 1. The van der Waals surface area contributed by atoms with Crippen LogP contribution in [0, 0.1) is 10.1 Å². The van der Waals surface area contributed by atoms with Crippen molar-refractivity contribution in [2.24, 2.45) is 0 Å². The zero-order valence-electron chi connectivity index (χ0n) is 12.1. The molecule has 0 saturated heterocycles. The Bertz CT molecular complexity index is 821. The van der Waals surface area contributed by atoms with Crippen LogP contribution in [0.3, 0.4) is 0 Å². The van der Waals surface area contributed by atoms with E-state index in [2.05, 4.69) is 0 Å². The van der Waals surface area contributed by atoms with Crippen LogP contribution >= 0.6 is 11.6 Å². The topological polar surface area (TPSA) is 69.4 Å². The number of hydrogen-bond donors (Lipinski definition) is 0. The molecule has 0 saturated carbocycles. The van der Waals surface area contributed by atoms with Gasteiger partial charge in [0.1, 0.15) is 11.5 Å². The fraction of sp³-hybridized carbons (Fsp3) is 0.133. The van der Waals surface area contributed by atoms with Crippen molar-refractivity contribution >= 4 is 23.1 Å². The Hall–Kier alpha value is -2.61. The van der Waals surface area contributed by atoms with E-state index in [1.807, 2.05) is 0 Å². The molecule has 0 aliphatic carbocycles. The molecule has 0 fully saturated rings. The van der Waals surface area contributed by atoms with Gasteiger partial charge < -0.3 is 4.74 Å². The summed E-state index contributed by atoms with van der Waals surface area (Å²) in [5.41, 5.74) is -1.51. The number of alkyl halides is 3. The molecule has 9 heteroatoms. The highest BCUT2D eigenvalue weighted by atomic mass is 35.5. The third kappa shape index (κ3) is 3.83. The van der Waals surface area contributed by atoms with Gasteiger partial charge in [0, 0.05) is 6.07 Å². The monoisotopic (exact) mass is 359 g/mol. The van der Waals surface area contributed by atoms with E-state index < -0.39 is 28.1 Å². The number of nitro benzene ring substituents is 1. The van der Waals surface area contributed by atoms with Crippen molar-refractivity contribution in [1.82, 2.24) is 0 Å². The summed E-state index contributed by atoms with van der Waals surface area (Å²) >= 11 is 5.77. The predicted octanol–water partition coefficient (Wildman–Crippen LogP) is 5.26. The maximum atomic E-state index is 12.6. The minimum Gasteiger partial charge on any atom is -0.456 e. The zero-order chi connectivity index (χ0) is 18.1. The largest absolute Gasteiger partial charge is 0.456 e. The molecule has 0 atom stereocenters. The fourth-order valence-corrected chi connectivity index (χ4v) is 2.13. The standard InChI is InChI=1S/C15H9ClF3NO4/c1-8(21)11-7-10(3-4-13(11)20(22)23)24-14-5-2-9(6-12(14)16)15(17,18)19/h2-7H,1H3. The number of carbonyl (C=O) groups excluding carboxylic acids is 1. The highest BCUT2D eigenvalue weighted by Crippen LogP contribution is 2.37. The van der Waals surface area contributed by atoms with Crippen LogP contribution in [0.4, 0.5) is 18.9 Å². The molecule has 0 spiro atoms. The SMILES string of the molecule is CC(=O)c1cc(Oc2ccc(C(F)(F)F)cc2Cl)ccc1[N+](=O)[O-]. The summed E-state index contributed by atoms with van der Waals surface area (Å²) in [6.45, 7) is 1.15. The molecule has 2 rings (SSSR count). The molecule has 0 unspecified atom stereocenters. The molecule has 0 bridgehead atoms. The van der Waals surface area contributed by atoms with Gasteiger partial charge in [-0.1, -0.05) is 11.6 Å². The smallest absolute Gasteiger partial charge is 0.416 e. The lowest BCUT2D eigenvalue weighted by Crippen LogP contribution is -2.04. The van der Waals surface area contributed by atoms with Crippen LogP contribution in [0.2, 0.25) is 5.02 Å². The summed E-state index contributed by atoms with van der Waals surface area (Å²) in [6.07, 6.45) is -4.54. The first-order valence-corrected chi connectivity index (χ1v) is 6.81. The number of ether oxygens (including phenoxy) is 1. The van der Waals surface area contributed by atoms with E-state index in [1.54, 1.807) is 0 Å². The Labute approximate surface area is 138 Å². The Morgan fingerprint density at radius 2 is 1.88 bits per heavy atom. The number of ketones is 1. The summed E-state index contributed by atoms with van der Waals surface area (Å²) in [5.74, 6) is -0.592. The molecule has 0 amide bonds. The third-order valence-electron chi connectivity index (χ3n) is 3.03. The lowest BCUT2D eigenvalue weighted by molar-refractivity contribution is -0.385. The Kier molecular flexibility index (Phi) is 4.79. The van der Waals surface area contributed by atoms with Crippen molar-refractivity contribution < 1.29 is 27.6 Å². The van der Waals surface area contributed by atoms with Gasteiger partial charge in [0.15, 0.2) is 5.78 Å². The highest BCUT2D eigenvalue weighted by molar-refractivity contribution is 6.32. The summed E-state index contributed by atoms with van der Waals surface area (Å²) in [4.78, 5) is 21.6. The van der Waals surface area contributed by atoms with Gasteiger partial charge in [-0.25, -0.2) is 0 Å². The van der Waals surface area contributed by atoms with Crippen LogP contribution in [-0.2, 0) is 6.18 Å². The van der Waals surface area contributed by atoms with Gasteiger partial charge in [-0.05, 0) is 37.3 Å². The lowest BCUT2D eigenvalue weighted by atomic mass is 10.1. The van der Waals surface area contributed by atoms with Crippen LogP contribution in [0.25, 0.3) is 0 Å². The quantitative estimate of drug-likeness (QED) is 0.424. The summed E-state index contributed by atoms with van der Waals surface area (Å²) in [5, 5.41) is 10.6. The number of benzene rings is 2. The maximum Gasteiger partial charge on any atom is 0.416 e. The molecule has 126 valence electrons. The first-order valence-electron chi connectivity index (χ1n) is 6.43. The van der Waals surface area contributed by atoms with Gasteiger partial charge in [0.25, 0.3) is 5.69 Å². The number of Topliss-reactive ketones (excluding diaryl/α,β-unsaturated/α-hetero) is 1. The molecular weight excluding hydrogens is 351 g/mol. The molecule has 2 aromatic carbocycles. The molecule has 0 aliphatic rings. The number of nitrogens with zero attached hydrogens (tertiary/aromatic N) is 1. The number of halogens is 4. The molecule has 2 aromatic rings. The van der Waals surface area contributed by atoms with E-state index in [1.165, 1.54) is 6.07 Å². The Morgan fingerprint density at radius 1 is 1.21 bits per heavy atom. The number of carbonyl (C=O) groups is 1. The minimum absolute atomic E-state index is 0.0347. The molecule has 0 aliphatic heterocycles. The van der Waals surface area contributed by atoms with Gasteiger partial charge in [0.05, 0.1) is 21.1 Å². The van der Waals surface area contributed by atoms with Crippen molar-refractivity contribution in [2.45, 2.75) is 13.1 Å². The van der Waals surface area contributed by atoms with Crippen molar-refractivity contribution in [1.29, 1.82) is 0 Å². The molecule has 0 heterocycles. The summed E-state index contributed by atoms with van der Waals surface area (Å²) in [6, 6.07) is 5.95. The maximum absolute atomic E-state index is 12.6. The van der Waals surface area contributed by atoms with Crippen molar-refractivity contribution in [3.63, 3.8) is 0 Å². The Morgan fingerprint density at radius 3 is 2.38 bits per heavy atom. The second kappa shape index (κ2) is 6.48. The van der Waals surface area contributed by atoms with E-state index >= 15 is 0 Å². The number of rotatable bonds is 4. The van der Waals surface area contributed by atoms with Crippen molar-refractivity contribution in [3.05, 3.63) is 62.7 Å². The van der Waals surface area contributed by atoms with Crippen LogP contribution in [0.5, 0.6) is 11.5 Å². The van der Waals surface area contributed by atoms with Crippen LogP contribution in [0.15, 0.2) is 36.4 Å². The fourth-order valence-electron chi connectivity index (χ4n) is 1.91. The van der Waals surface area contributed by atoms with Gasteiger partial charge in [-0.3, -0.25) is 14.9 Å². The van der Waals surface area contributed by atoms with E-state index in [0.29, 0.717) is 6.07 Å². The van der Waals surface area contributed by atoms with Gasteiger partial charge >= 0.3 is 6.18 Å². The molecule has 24 heavy (non-hydrogen) atoms. The third-order valence-corrected chi connectivity index (χ3v) is 3.33. The average molecular weight is 360 g/mol. The van der Waals surface area contributed by atoms with Gasteiger partial charge in [0.2, 0.25) is 0 Å². The van der Waals surface area contributed by atoms with Gasteiger partial charge in [-0.15, -0.1) is 0 Å². The zero-order valence-corrected chi connectivity index (χ0v) is 12.8. The lowest BCUT2D eigenvalue weighted by Gasteiger charge is -2.11. The van der Waals surface area contributed by atoms with Crippen LogP contribution < -0.4 is 4.74 Å². The van der Waals surface area contributed by atoms with Crippen molar-refractivity contribution in [3.8, 4) is 11.5 Å². The molecule has 0 aromatic heterocycles. The Balaban J connectivity index is 2.37. The highest BCUT2D eigenvalue weighted by Gasteiger charge is 2.31. The number of hydrogen-bond acceptors (Lipinski definition) is 4. The first kappa shape index (κ1) is 17.7. The van der Waals surface area contributed by atoms with E-state index in [9.17, 15) is 28.1 Å². The second-order valence-corrected chi connectivity index (χ2v) is 5.14. The minimum atomic E-state index is -4.54. The van der Waals surface area contributed by atoms with E-state index in [-0.39, 0.29) is 22.1 Å². The van der Waals surface area contributed by atoms with Crippen molar-refractivity contribution in [2.75, 3.05) is 0 Å². The predicted molar refractivity (Wildman–Crippen MR) is 79.6 cm³/mol. The average Bonchev–Trinajstić information content (AvgIpc) is 2.47. The normalized spacial score (nSPS) is 11.2. The molecule has 0 radical (unpaired) electrons. The summed E-state index contributed by atoms with van der Waals surface area (Å²) < 4.78 is 43.1. The molecule has 5 nitrogen and oxygen atoms in total. The van der Waals surface area contributed by atoms with E-state index in [4.69, 9.17) is 16.3 Å². The first-order chi connectivity index (χ1) is 11.1. The molecular formula is C15H9ClF3NO4.